The zero-order valence-corrected chi connectivity index (χ0v) is 23.3. The third-order valence-corrected chi connectivity index (χ3v) is 8.58. The summed E-state index contributed by atoms with van der Waals surface area (Å²) in [5.74, 6) is 0.439. The Morgan fingerprint density at radius 1 is 0.732 bits per heavy atom. The molecule has 0 atom stereocenters. The van der Waals surface area contributed by atoms with E-state index in [1.165, 1.54) is 12.1 Å². The van der Waals surface area contributed by atoms with Crippen molar-refractivity contribution >= 4 is 33.2 Å². The number of amides is 2. The van der Waals surface area contributed by atoms with E-state index in [1.54, 1.807) is 71.6 Å². The molecule has 0 aliphatic carbocycles. The molecule has 4 aromatic carbocycles. The Kier molecular flexibility index (Phi) is 8.64. The van der Waals surface area contributed by atoms with Crippen LogP contribution in [-0.2, 0) is 14.8 Å². The van der Waals surface area contributed by atoms with Crippen LogP contribution in [0.1, 0.15) is 29.6 Å². The normalized spacial score (nSPS) is 13.3. The third kappa shape index (κ3) is 6.75. The maximum absolute atomic E-state index is 13.7. The number of hydrogen-bond donors (Lipinski definition) is 1. The van der Waals surface area contributed by atoms with Crippen molar-refractivity contribution in [3.63, 3.8) is 0 Å². The summed E-state index contributed by atoms with van der Waals surface area (Å²) >= 11 is 0. The van der Waals surface area contributed by atoms with Crippen LogP contribution in [0.15, 0.2) is 114 Å². The van der Waals surface area contributed by atoms with Crippen molar-refractivity contribution in [2.24, 2.45) is 0 Å². The van der Waals surface area contributed by atoms with E-state index in [0.717, 1.165) is 23.6 Å². The molecule has 5 rings (SSSR count). The number of benzene rings is 4. The standard InChI is InChI=1S/C32H31N3O5S/c36-31(33-30-17-9-8-16-29(30)32(37)34-22-10-3-11-23-34)24-35(41(38,39)28-14-6-2-7-15-28)25-18-20-27(21-19-25)40-26-12-4-1-5-13-26/h1-2,4-9,12-21H,3,10-11,22-24H2,(H,33,36). The van der Waals surface area contributed by atoms with Crippen molar-refractivity contribution in [2.75, 3.05) is 29.3 Å². The fourth-order valence-corrected chi connectivity index (χ4v) is 6.15. The third-order valence-electron chi connectivity index (χ3n) is 6.80. The average Bonchev–Trinajstić information content (AvgIpc) is 3.01. The molecule has 9 heteroatoms. The van der Waals surface area contributed by atoms with E-state index < -0.39 is 22.5 Å². The summed E-state index contributed by atoms with van der Waals surface area (Å²) in [5, 5.41) is 2.78. The van der Waals surface area contributed by atoms with Crippen LogP contribution in [0.5, 0.6) is 11.5 Å². The summed E-state index contributed by atoms with van der Waals surface area (Å²) in [6.45, 7) is 0.852. The van der Waals surface area contributed by atoms with Crippen molar-refractivity contribution in [3.05, 3.63) is 115 Å². The van der Waals surface area contributed by atoms with Gasteiger partial charge in [0, 0.05) is 13.1 Å². The molecule has 0 spiro atoms. The smallest absolute Gasteiger partial charge is 0.264 e. The second kappa shape index (κ2) is 12.7. The van der Waals surface area contributed by atoms with E-state index in [0.29, 0.717) is 41.5 Å². The highest BCUT2D eigenvalue weighted by atomic mass is 32.2. The zero-order chi connectivity index (χ0) is 28.7. The highest BCUT2D eigenvalue weighted by molar-refractivity contribution is 7.92. The van der Waals surface area contributed by atoms with E-state index in [4.69, 9.17) is 4.74 Å². The van der Waals surface area contributed by atoms with Gasteiger partial charge in [0.15, 0.2) is 0 Å². The first-order valence-corrected chi connectivity index (χ1v) is 14.9. The minimum absolute atomic E-state index is 0.0538. The summed E-state index contributed by atoms with van der Waals surface area (Å²) in [6.07, 6.45) is 2.98. The molecule has 0 bridgehead atoms. The SMILES string of the molecule is O=C(CN(c1ccc(Oc2ccccc2)cc1)S(=O)(=O)c1ccccc1)Nc1ccccc1C(=O)N1CCCCC1. The molecule has 0 radical (unpaired) electrons. The molecule has 8 nitrogen and oxygen atoms in total. The second-order valence-corrected chi connectivity index (χ2v) is 11.5. The van der Waals surface area contributed by atoms with Crippen molar-refractivity contribution in [1.29, 1.82) is 0 Å². The van der Waals surface area contributed by atoms with Gasteiger partial charge in [0.25, 0.3) is 15.9 Å². The first kappa shape index (κ1) is 27.9. The number of ether oxygens (including phenoxy) is 1. The lowest BCUT2D eigenvalue weighted by Gasteiger charge is -2.28. The van der Waals surface area contributed by atoms with Crippen LogP contribution in [0.3, 0.4) is 0 Å². The second-order valence-electron chi connectivity index (χ2n) is 9.68. The summed E-state index contributed by atoms with van der Waals surface area (Å²) in [4.78, 5) is 28.4. The highest BCUT2D eigenvalue weighted by Gasteiger charge is 2.28. The number of nitrogens with zero attached hydrogens (tertiary/aromatic N) is 2. The zero-order valence-electron chi connectivity index (χ0n) is 22.5. The Morgan fingerprint density at radius 3 is 2.00 bits per heavy atom. The fourth-order valence-electron chi connectivity index (χ4n) is 4.71. The number of rotatable bonds is 9. The van der Waals surface area contributed by atoms with E-state index in [2.05, 4.69) is 5.32 Å². The molecule has 1 saturated heterocycles. The topological polar surface area (TPSA) is 96.0 Å². The predicted octanol–water partition coefficient (Wildman–Crippen LogP) is 5.94. The molecule has 0 aromatic heterocycles. The largest absolute Gasteiger partial charge is 0.457 e. The van der Waals surface area contributed by atoms with E-state index in [9.17, 15) is 18.0 Å². The van der Waals surface area contributed by atoms with Gasteiger partial charge in [-0.1, -0.05) is 48.5 Å². The molecule has 1 fully saturated rings. The Balaban J connectivity index is 1.40. The first-order valence-electron chi connectivity index (χ1n) is 13.5. The Morgan fingerprint density at radius 2 is 1.32 bits per heavy atom. The number of anilines is 2. The number of para-hydroxylation sites is 2. The quantitative estimate of drug-likeness (QED) is 0.269. The van der Waals surface area contributed by atoms with Crippen LogP contribution in [0.4, 0.5) is 11.4 Å². The van der Waals surface area contributed by atoms with Crippen molar-refractivity contribution in [3.8, 4) is 11.5 Å². The van der Waals surface area contributed by atoms with Gasteiger partial charge in [-0.3, -0.25) is 13.9 Å². The number of hydrogen-bond acceptors (Lipinski definition) is 5. The lowest BCUT2D eigenvalue weighted by molar-refractivity contribution is -0.114. The Hall–Kier alpha value is -4.63. The highest BCUT2D eigenvalue weighted by Crippen LogP contribution is 2.28. The Bertz CT molecular complexity index is 1590. The molecule has 1 N–H and O–H groups in total. The molecule has 1 aliphatic rings. The van der Waals surface area contributed by atoms with Crippen LogP contribution in [-0.4, -0.2) is 44.8 Å². The molecule has 0 unspecified atom stereocenters. The van der Waals surface area contributed by atoms with Gasteiger partial charge in [-0.2, -0.15) is 0 Å². The van der Waals surface area contributed by atoms with Gasteiger partial charge in [0.05, 0.1) is 21.8 Å². The van der Waals surface area contributed by atoms with Crippen LogP contribution in [0.2, 0.25) is 0 Å². The summed E-state index contributed by atoms with van der Waals surface area (Å²) in [5.41, 5.74) is 1.02. The molecule has 1 aliphatic heterocycles. The number of nitrogens with one attached hydrogen (secondary N) is 1. The summed E-state index contributed by atoms with van der Waals surface area (Å²) in [6, 6.07) is 30.5. The fraction of sp³-hybridized carbons (Fsp3) is 0.188. The molecular weight excluding hydrogens is 538 g/mol. The number of likely N-dealkylation sites (tertiary alicyclic amines) is 1. The van der Waals surface area contributed by atoms with Gasteiger partial charge in [-0.05, 0) is 79.9 Å². The molecule has 1 heterocycles. The van der Waals surface area contributed by atoms with Crippen LogP contribution in [0.25, 0.3) is 0 Å². The minimum Gasteiger partial charge on any atom is -0.457 e. The van der Waals surface area contributed by atoms with Gasteiger partial charge in [0.2, 0.25) is 5.91 Å². The maximum atomic E-state index is 13.7. The van der Waals surface area contributed by atoms with Crippen molar-refractivity contribution < 1.29 is 22.7 Å². The first-order chi connectivity index (χ1) is 19.9. The lowest BCUT2D eigenvalue weighted by Crippen LogP contribution is -2.39. The van der Waals surface area contributed by atoms with Crippen molar-refractivity contribution in [2.45, 2.75) is 24.2 Å². The molecule has 2 amide bonds. The predicted molar refractivity (Wildman–Crippen MR) is 159 cm³/mol. The lowest BCUT2D eigenvalue weighted by atomic mass is 10.1. The van der Waals surface area contributed by atoms with Gasteiger partial charge < -0.3 is 15.0 Å². The van der Waals surface area contributed by atoms with E-state index >= 15 is 0 Å². The number of sulfonamides is 1. The molecular formula is C32H31N3O5S. The van der Waals surface area contributed by atoms with Gasteiger partial charge >= 0.3 is 0 Å². The molecule has 210 valence electrons. The van der Waals surface area contributed by atoms with Gasteiger partial charge in [-0.15, -0.1) is 0 Å². The van der Waals surface area contributed by atoms with Crippen LogP contribution >= 0.6 is 0 Å². The van der Waals surface area contributed by atoms with E-state index in [1.807, 2.05) is 30.3 Å². The van der Waals surface area contributed by atoms with Crippen LogP contribution < -0.4 is 14.4 Å². The Labute approximate surface area is 240 Å². The molecule has 4 aromatic rings. The number of carbonyl (C=O) groups excluding carboxylic acids is 2. The monoisotopic (exact) mass is 569 g/mol. The molecule has 0 saturated carbocycles. The summed E-state index contributed by atoms with van der Waals surface area (Å²) < 4.78 is 34.4. The minimum atomic E-state index is -4.10. The maximum Gasteiger partial charge on any atom is 0.264 e. The average molecular weight is 570 g/mol. The summed E-state index contributed by atoms with van der Waals surface area (Å²) in [7, 11) is -4.10. The molecule has 41 heavy (non-hydrogen) atoms. The van der Waals surface area contributed by atoms with Gasteiger partial charge in [0.1, 0.15) is 18.0 Å². The van der Waals surface area contributed by atoms with Crippen molar-refractivity contribution in [1.82, 2.24) is 4.90 Å². The van der Waals surface area contributed by atoms with Gasteiger partial charge in [-0.25, -0.2) is 8.42 Å². The number of piperidine rings is 1. The van der Waals surface area contributed by atoms with Crippen LogP contribution in [0, 0.1) is 0 Å². The van der Waals surface area contributed by atoms with E-state index in [-0.39, 0.29) is 10.8 Å². The number of carbonyl (C=O) groups is 2.